The number of nitrogens with zero attached hydrogens (tertiary/aromatic N) is 1. The Balaban J connectivity index is 1.98. The number of non-ortho nitro benzene ring substituents is 1. The van der Waals surface area contributed by atoms with Crippen LogP contribution in [0.1, 0.15) is 44.2 Å². The van der Waals surface area contributed by atoms with Crippen molar-refractivity contribution in [3.63, 3.8) is 0 Å². The zero-order valence-electron chi connectivity index (χ0n) is 11.9. The molecule has 0 heterocycles. The van der Waals surface area contributed by atoms with Gasteiger partial charge in [0.15, 0.2) is 0 Å². The number of nitro benzene ring substituents is 1. The predicted octanol–water partition coefficient (Wildman–Crippen LogP) is 3.99. The first-order valence-corrected chi connectivity index (χ1v) is 7.33. The molecular weight excluding hydrogens is 252 g/mol. The van der Waals surface area contributed by atoms with Crippen LogP contribution in [-0.2, 0) is 0 Å². The molecule has 1 N–H and O–H groups in total. The Morgan fingerprint density at radius 1 is 1.45 bits per heavy atom. The SMILES string of the molecule is CCC(NCC1CC=CCC1)c1cccc([N+](=O)[O-])c1. The van der Waals surface area contributed by atoms with E-state index in [1.54, 1.807) is 18.2 Å². The maximum atomic E-state index is 10.8. The van der Waals surface area contributed by atoms with Crippen molar-refractivity contribution in [2.75, 3.05) is 6.54 Å². The third kappa shape index (κ3) is 3.90. The summed E-state index contributed by atoms with van der Waals surface area (Å²) in [5.41, 5.74) is 1.18. The average Bonchev–Trinajstić information content (AvgIpc) is 2.49. The van der Waals surface area contributed by atoms with Gasteiger partial charge in [-0.05, 0) is 43.7 Å². The highest BCUT2D eigenvalue weighted by molar-refractivity contribution is 5.35. The summed E-state index contributed by atoms with van der Waals surface area (Å²) >= 11 is 0. The van der Waals surface area contributed by atoms with E-state index in [0.717, 1.165) is 24.9 Å². The summed E-state index contributed by atoms with van der Waals surface area (Å²) < 4.78 is 0. The van der Waals surface area contributed by atoms with Crippen molar-refractivity contribution < 1.29 is 4.92 Å². The fraction of sp³-hybridized carbons (Fsp3) is 0.500. The lowest BCUT2D eigenvalue weighted by molar-refractivity contribution is -0.384. The Morgan fingerprint density at radius 2 is 2.30 bits per heavy atom. The number of nitro groups is 1. The molecule has 4 nitrogen and oxygen atoms in total. The van der Waals surface area contributed by atoms with E-state index in [-0.39, 0.29) is 16.7 Å². The van der Waals surface area contributed by atoms with Crippen LogP contribution < -0.4 is 5.32 Å². The quantitative estimate of drug-likeness (QED) is 0.485. The Labute approximate surface area is 120 Å². The Bertz CT molecular complexity index is 485. The van der Waals surface area contributed by atoms with Gasteiger partial charge in [0.25, 0.3) is 5.69 Å². The summed E-state index contributed by atoms with van der Waals surface area (Å²) in [5, 5.41) is 14.4. The molecule has 1 aromatic carbocycles. The maximum absolute atomic E-state index is 10.8. The van der Waals surface area contributed by atoms with E-state index < -0.39 is 0 Å². The average molecular weight is 274 g/mol. The summed E-state index contributed by atoms with van der Waals surface area (Å²) in [6.07, 6.45) is 8.97. The normalized spacial score (nSPS) is 19.8. The van der Waals surface area contributed by atoms with Crippen molar-refractivity contribution in [3.05, 3.63) is 52.1 Å². The molecule has 0 saturated heterocycles. The minimum Gasteiger partial charge on any atom is -0.310 e. The Hall–Kier alpha value is -1.68. The molecule has 1 aliphatic rings. The van der Waals surface area contributed by atoms with E-state index in [2.05, 4.69) is 24.4 Å². The van der Waals surface area contributed by atoms with E-state index in [0.29, 0.717) is 5.92 Å². The van der Waals surface area contributed by atoms with Gasteiger partial charge in [0.2, 0.25) is 0 Å². The second-order valence-electron chi connectivity index (χ2n) is 5.37. The van der Waals surface area contributed by atoms with E-state index in [1.807, 2.05) is 6.07 Å². The van der Waals surface area contributed by atoms with Gasteiger partial charge in [-0.1, -0.05) is 31.2 Å². The molecule has 0 amide bonds. The molecule has 108 valence electrons. The number of allylic oxidation sites excluding steroid dienone is 2. The van der Waals surface area contributed by atoms with Gasteiger partial charge in [-0.2, -0.15) is 0 Å². The predicted molar refractivity (Wildman–Crippen MR) is 80.6 cm³/mol. The van der Waals surface area contributed by atoms with Crippen molar-refractivity contribution in [2.45, 2.75) is 38.6 Å². The number of hydrogen-bond acceptors (Lipinski definition) is 3. The molecule has 0 aromatic heterocycles. The van der Waals surface area contributed by atoms with Gasteiger partial charge < -0.3 is 5.32 Å². The third-order valence-corrected chi connectivity index (χ3v) is 3.92. The minimum absolute atomic E-state index is 0.170. The number of benzene rings is 1. The maximum Gasteiger partial charge on any atom is 0.269 e. The van der Waals surface area contributed by atoms with Crippen LogP contribution in [0.15, 0.2) is 36.4 Å². The summed E-state index contributed by atoms with van der Waals surface area (Å²) in [4.78, 5) is 10.5. The highest BCUT2D eigenvalue weighted by atomic mass is 16.6. The molecule has 4 heteroatoms. The van der Waals surface area contributed by atoms with E-state index in [4.69, 9.17) is 0 Å². The van der Waals surface area contributed by atoms with Crippen LogP contribution in [0.2, 0.25) is 0 Å². The van der Waals surface area contributed by atoms with Gasteiger partial charge in [-0.3, -0.25) is 10.1 Å². The fourth-order valence-corrected chi connectivity index (χ4v) is 2.70. The molecule has 0 aliphatic heterocycles. The van der Waals surface area contributed by atoms with Crippen molar-refractivity contribution in [1.29, 1.82) is 0 Å². The van der Waals surface area contributed by atoms with Crippen LogP contribution in [0.3, 0.4) is 0 Å². The van der Waals surface area contributed by atoms with Crippen LogP contribution >= 0.6 is 0 Å². The van der Waals surface area contributed by atoms with E-state index in [9.17, 15) is 10.1 Å². The minimum atomic E-state index is -0.331. The first-order chi connectivity index (χ1) is 9.70. The summed E-state index contributed by atoms with van der Waals surface area (Å²) in [6, 6.07) is 7.15. The molecule has 2 atom stereocenters. The molecule has 2 rings (SSSR count). The second-order valence-corrected chi connectivity index (χ2v) is 5.37. The zero-order chi connectivity index (χ0) is 14.4. The lowest BCUT2D eigenvalue weighted by Crippen LogP contribution is -2.27. The summed E-state index contributed by atoms with van der Waals surface area (Å²) in [5.74, 6) is 0.688. The molecular formula is C16H22N2O2. The monoisotopic (exact) mass is 274 g/mol. The van der Waals surface area contributed by atoms with Gasteiger partial charge in [-0.15, -0.1) is 0 Å². The van der Waals surface area contributed by atoms with Crippen LogP contribution in [0.5, 0.6) is 0 Å². The number of nitrogens with one attached hydrogen (secondary N) is 1. The van der Waals surface area contributed by atoms with Gasteiger partial charge in [0.05, 0.1) is 4.92 Å². The molecule has 0 fully saturated rings. The van der Waals surface area contributed by atoms with Crippen LogP contribution in [-0.4, -0.2) is 11.5 Å². The molecule has 0 spiro atoms. The van der Waals surface area contributed by atoms with Crippen LogP contribution in [0, 0.1) is 16.0 Å². The second kappa shape index (κ2) is 7.20. The molecule has 2 unspecified atom stereocenters. The highest BCUT2D eigenvalue weighted by Crippen LogP contribution is 2.23. The lowest BCUT2D eigenvalue weighted by Gasteiger charge is -2.23. The Morgan fingerprint density at radius 3 is 2.95 bits per heavy atom. The van der Waals surface area contributed by atoms with E-state index >= 15 is 0 Å². The molecule has 0 saturated carbocycles. The largest absolute Gasteiger partial charge is 0.310 e. The molecule has 1 aliphatic carbocycles. The molecule has 20 heavy (non-hydrogen) atoms. The lowest BCUT2D eigenvalue weighted by atomic mass is 9.93. The third-order valence-electron chi connectivity index (χ3n) is 3.92. The standard InChI is InChI=1S/C16H22N2O2/c1-2-16(17-12-13-7-4-3-5-8-13)14-9-6-10-15(11-14)18(19)20/h3-4,6,9-11,13,16-17H,2,5,7-8,12H2,1H3. The van der Waals surface area contributed by atoms with Crippen molar-refractivity contribution in [1.82, 2.24) is 5.32 Å². The van der Waals surface area contributed by atoms with Crippen LogP contribution in [0.4, 0.5) is 5.69 Å². The highest BCUT2D eigenvalue weighted by Gasteiger charge is 2.15. The van der Waals surface area contributed by atoms with Crippen molar-refractivity contribution in [3.8, 4) is 0 Å². The van der Waals surface area contributed by atoms with Gasteiger partial charge in [0, 0.05) is 18.2 Å². The van der Waals surface area contributed by atoms with Gasteiger partial charge >= 0.3 is 0 Å². The Kier molecular flexibility index (Phi) is 5.30. The zero-order valence-corrected chi connectivity index (χ0v) is 11.9. The van der Waals surface area contributed by atoms with Gasteiger partial charge in [-0.25, -0.2) is 0 Å². The number of hydrogen-bond donors (Lipinski definition) is 1. The topological polar surface area (TPSA) is 55.2 Å². The van der Waals surface area contributed by atoms with E-state index in [1.165, 1.54) is 12.8 Å². The fourth-order valence-electron chi connectivity index (χ4n) is 2.70. The molecule has 0 bridgehead atoms. The number of rotatable bonds is 6. The van der Waals surface area contributed by atoms with Gasteiger partial charge in [0.1, 0.15) is 0 Å². The summed E-state index contributed by atoms with van der Waals surface area (Å²) in [6.45, 7) is 3.09. The molecule has 1 aromatic rings. The smallest absolute Gasteiger partial charge is 0.269 e. The molecule has 0 radical (unpaired) electrons. The first-order valence-electron chi connectivity index (χ1n) is 7.33. The summed E-state index contributed by atoms with van der Waals surface area (Å²) in [7, 11) is 0. The van der Waals surface area contributed by atoms with Crippen molar-refractivity contribution in [2.24, 2.45) is 5.92 Å². The van der Waals surface area contributed by atoms with Crippen molar-refractivity contribution >= 4 is 5.69 Å². The van der Waals surface area contributed by atoms with Crippen LogP contribution in [0.25, 0.3) is 0 Å². The first kappa shape index (κ1) is 14.7.